The molecule has 0 saturated heterocycles. The molecule has 0 bridgehead atoms. The van der Waals surface area contributed by atoms with E-state index in [2.05, 4.69) is 12.2 Å². The summed E-state index contributed by atoms with van der Waals surface area (Å²) < 4.78 is 33.0. The molecule has 1 aliphatic rings. The van der Waals surface area contributed by atoms with Gasteiger partial charge in [0, 0.05) is 24.7 Å². The molecule has 2 unspecified atom stereocenters. The summed E-state index contributed by atoms with van der Waals surface area (Å²) in [6.07, 6.45) is 8.58. The minimum Gasteiger partial charge on any atom is -0.311 e. The molecule has 0 aromatic rings. The summed E-state index contributed by atoms with van der Waals surface area (Å²) in [5, 5.41) is 2.90. The van der Waals surface area contributed by atoms with Gasteiger partial charge in [0.25, 0.3) is 10.1 Å². The highest BCUT2D eigenvalue weighted by Gasteiger charge is 2.31. The largest absolute Gasteiger partial charge is 0.311 e. The normalized spacial score (nSPS) is 20.1. The molecule has 1 saturated carbocycles. The van der Waals surface area contributed by atoms with E-state index in [0.717, 1.165) is 12.8 Å². The van der Waals surface area contributed by atoms with Crippen LogP contribution in [0.25, 0.3) is 0 Å². The fraction of sp³-hybridized carbons (Fsp3) is 1.00. The van der Waals surface area contributed by atoms with Crippen molar-refractivity contribution in [2.45, 2.75) is 103 Å². The van der Waals surface area contributed by atoms with E-state index in [9.17, 15) is 13.0 Å². The van der Waals surface area contributed by atoms with Crippen molar-refractivity contribution in [3.05, 3.63) is 0 Å². The molecule has 23 heavy (non-hydrogen) atoms. The Hall–Kier alpha value is -0.170. The molecular formula is C17H36N2O3S. The second kappa shape index (κ2) is 9.97. The Bertz CT molecular complexity index is 420. The van der Waals surface area contributed by atoms with Crippen LogP contribution in [0, 0.1) is 0 Å². The van der Waals surface area contributed by atoms with Crippen molar-refractivity contribution in [3.63, 3.8) is 0 Å². The predicted octanol–water partition coefficient (Wildman–Crippen LogP) is 3.41. The number of nitrogens with zero attached hydrogens (tertiary/aromatic N) is 1. The average Bonchev–Trinajstić information content (AvgIpc) is 2.46. The smallest absolute Gasteiger partial charge is 0.281 e. The Labute approximate surface area is 143 Å². The lowest BCUT2D eigenvalue weighted by molar-refractivity contribution is 0.172. The molecule has 2 atom stereocenters. The first-order chi connectivity index (χ1) is 10.8. The molecule has 0 amide bonds. The molecular weight excluding hydrogens is 312 g/mol. The lowest BCUT2D eigenvalue weighted by Gasteiger charge is -2.34. The lowest BCUT2D eigenvalue weighted by atomic mass is 9.95. The van der Waals surface area contributed by atoms with Crippen LogP contribution in [0.4, 0.5) is 0 Å². The highest BCUT2D eigenvalue weighted by Crippen LogP contribution is 2.20. The summed E-state index contributed by atoms with van der Waals surface area (Å²) in [5.41, 5.74) is 0. The zero-order valence-corrected chi connectivity index (χ0v) is 16.1. The zero-order valence-electron chi connectivity index (χ0n) is 15.3. The zero-order chi connectivity index (χ0) is 17.5. The first kappa shape index (κ1) is 20.9. The Balaban J connectivity index is 2.57. The first-order valence-electron chi connectivity index (χ1n) is 9.23. The number of hydrogen-bond acceptors (Lipinski definition) is 4. The van der Waals surface area contributed by atoms with E-state index in [1.807, 2.05) is 25.7 Å². The monoisotopic (exact) mass is 348 g/mol. The van der Waals surface area contributed by atoms with E-state index < -0.39 is 15.5 Å². The highest BCUT2D eigenvalue weighted by atomic mass is 32.2. The molecule has 0 aromatic heterocycles. The van der Waals surface area contributed by atoms with Gasteiger partial charge in [-0.25, -0.2) is 0 Å². The third-order valence-electron chi connectivity index (χ3n) is 4.86. The van der Waals surface area contributed by atoms with Gasteiger partial charge >= 0.3 is 0 Å². The van der Waals surface area contributed by atoms with Crippen LogP contribution in [0.5, 0.6) is 0 Å². The van der Waals surface area contributed by atoms with E-state index in [1.165, 1.54) is 32.1 Å². The predicted molar refractivity (Wildman–Crippen MR) is 96.2 cm³/mol. The topological polar surface area (TPSA) is 69.6 Å². The van der Waals surface area contributed by atoms with Crippen molar-refractivity contribution in [2.24, 2.45) is 0 Å². The molecule has 5 nitrogen and oxygen atoms in total. The van der Waals surface area contributed by atoms with Gasteiger partial charge in [-0.15, -0.1) is 0 Å². The SMILES string of the molecule is CCCC(N(CCC(C)NC1CCCCC1)C(C)C)S(=O)(=O)O. The molecule has 0 heterocycles. The molecule has 0 aromatic carbocycles. The quantitative estimate of drug-likeness (QED) is 0.592. The maximum absolute atomic E-state index is 11.7. The molecule has 138 valence electrons. The van der Waals surface area contributed by atoms with Gasteiger partial charge in [-0.2, -0.15) is 8.42 Å². The maximum atomic E-state index is 11.7. The molecule has 1 rings (SSSR count). The van der Waals surface area contributed by atoms with E-state index in [1.54, 1.807) is 0 Å². The maximum Gasteiger partial charge on any atom is 0.281 e. The first-order valence-corrected chi connectivity index (χ1v) is 10.7. The minimum atomic E-state index is -4.04. The van der Waals surface area contributed by atoms with Gasteiger partial charge in [0.15, 0.2) is 0 Å². The third-order valence-corrected chi connectivity index (χ3v) is 6.05. The van der Waals surface area contributed by atoms with Crippen LogP contribution in [-0.2, 0) is 10.1 Å². The third kappa shape index (κ3) is 7.50. The van der Waals surface area contributed by atoms with Crippen molar-refractivity contribution in [3.8, 4) is 0 Å². The van der Waals surface area contributed by atoms with E-state index in [-0.39, 0.29) is 6.04 Å². The Kier molecular flexibility index (Phi) is 9.04. The van der Waals surface area contributed by atoms with E-state index in [4.69, 9.17) is 0 Å². The van der Waals surface area contributed by atoms with Crippen LogP contribution in [0.15, 0.2) is 0 Å². The second-order valence-corrected chi connectivity index (χ2v) is 8.86. The molecule has 2 N–H and O–H groups in total. The Morgan fingerprint density at radius 1 is 1.13 bits per heavy atom. The Morgan fingerprint density at radius 2 is 1.74 bits per heavy atom. The number of rotatable bonds is 10. The van der Waals surface area contributed by atoms with Crippen molar-refractivity contribution in [1.82, 2.24) is 10.2 Å². The van der Waals surface area contributed by atoms with Crippen LogP contribution in [0.3, 0.4) is 0 Å². The molecule has 1 fully saturated rings. The van der Waals surface area contributed by atoms with Crippen LogP contribution in [0.2, 0.25) is 0 Å². The summed E-state index contributed by atoms with van der Waals surface area (Å²) >= 11 is 0. The lowest BCUT2D eigenvalue weighted by Crippen LogP contribution is -2.47. The summed E-state index contributed by atoms with van der Waals surface area (Å²) in [6, 6.07) is 1.07. The molecule has 6 heteroatoms. The average molecular weight is 349 g/mol. The van der Waals surface area contributed by atoms with Crippen molar-refractivity contribution >= 4 is 10.1 Å². The van der Waals surface area contributed by atoms with E-state index in [0.29, 0.717) is 25.0 Å². The molecule has 0 aliphatic heterocycles. The van der Waals surface area contributed by atoms with Gasteiger partial charge in [0.05, 0.1) is 0 Å². The summed E-state index contributed by atoms with van der Waals surface area (Å²) in [5.74, 6) is 0. The van der Waals surface area contributed by atoms with Crippen LogP contribution in [-0.4, -0.2) is 47.9 Å². The van der Waals surface area contributed by atoms with Crippen molar-refractivity contribution in [2.75, 3.05) is 6.54 Å². The fourth-order valence-corrected chi connectivity index (χ4v) is 4.79. The summed E-state index contributed by atoms with van der Waals surface area (Å²) in [4.78, 5) is 1.93. The minimum absolute atomic E-state index is 0.0929. The van der Waals surface area contributed by atoms with E-state index >= 15 is 0 Å². The second-order valence-electron chi connectivity index (χ2n) is 7.28. The fourth-order valence-electron chi connectivity index (χ4n) is 3.57. The molecule has 0 radical (unpaired) electrons. The number of hydrogen-bond donors (Lipinski definition) is 2. The van der Waals surface area contributed by atoms with Crippen molar-refractivity contribution < 1.29 is 13.0 Å². The standard InChI is InChI=1S/C17H36N2O3S/c1-5-9-17(23(20,21)22)19(14(2)3)13-12-15(4)18-16-10-7-6-8-11-16/h14-18H,5-13H2,1-4H3,(H,20,21,22). The molecule has 0 spiro atoms. The van der Waals surface area contributed by atoms with Crippen molar-refractivity contribution in [1.29, 1.82) is 0 Å². The van der Waals surface area contributed by atoms with Gasteiger partial charge in [0.1, 0.15) is 5.37 Å². The van der Waals surface area contributed by atoms with Gasteiger partial charge in [-0.1, -0.05) is 32.6 Å². The van der Waals surface area contributed by atoms with Crippen LogP contribution >= 0.6 is 0 Å². The van der Waals surface area contributed by atoms with Crippen LogP contribution in [0.1, 0.15) is 79.1 Å². The van der Waals surface area contributed by atoms with Gasteiger partial charge in [-0.05, 0) is 46.5 Å². The Morgan fingerprint density at radius 3 is 2.22 bits per heavy atom. The summed E-state index contributed by atoms with van der Waals surface area (Å²) in [6.45, 7) is 8.79. The van der Waals surface area contributed by atoms with Gasteiger partial charge < -0.3 is 5.32 Å². The highest BCUT2D eigenvalue weighted by molar-refractivity contribution is 7.86. The molecule has 1 aliphatic carbocycles. The van der Waals surface area contributed by atoms with Gasteiger partial charge in [0.2, 0.25) is 0 Å². The number of nitrogens with one attached hydrogen (secondary N) is 1. The van der Waals surface area contributed by atoms with Gasteiger partial charge in [-0.3, -0.25) is 9.45 Å². The summed E-state index contributed by atoms with van der Waals surface area (Å²) in [7, 11) is -4.04. The van der Waals surface area contributed by atoms with Crippen LogP contribution < -0.4 is 5.32 Å².